The maximum Gasteiger partial charge on any atom is 0.316 e. The molecule has 2 heterocycles. The molecular formula is C21H32NO3+. The van der Waals surface area contributed by atoms with Crippen LogP contribution in [0.4, 0.5) is 0 Å². The lowest BCUT2D eigenvalue weighted by Gasteiger charge is -2.47. The average Bonchev–Trinajstić information content (AvgIpc) is 2.79. The fourth-order valence-electron chi connectivity index (χ4n) is 4.90. The zero-order valence-corrected chi connectivity index (χ0v) is 15.6. The second kappa shape index (κ2) is 7.88. The Kier molecular flexibility index (Phi) is 5.80. The quantitative estimate of drug-likeness (QED) is 0.609. The summed E-state index contributed by atoms with van der Waals surface area (Å²) in [6, 6.07) is 10.7. The van der Waals surface area contributed by atoms with Crippen molar-refractivity contribution in [2.45, 2.75) is 69.6 Å². The number of nitrogens with zero attached hydrogens (tertiary/aromatic N) is 1. The van der Waals surface area contributed by atoms with Crippen molar-refractivity contribution in [3.8, 4) is 0 Å². The topological polar surface area (TPSA) is 46.5 Å². The highest BCUT2D eigenvalue weighted by Crippen LogP contribution is 2.42. The van der Waals surface area contributed by atoms with Crippen LogP contribution < -0.4 is 0 Å². The van der Waals surface area contributed by atoms with E-state index in [1.165, 1.54) is 36.7 Å². The van der Waals surface area contributed by atoms with E-state index in [0.717, 1.165) is 18.4 Å². The van der Waals surface area contributed by atoms with Gasteiger partial charge in [0.1, 0.15) is 12.0 Å². The molecule has 2 fully saturated rings. The van der Waals surface area contributed by atoms with Gasteiger partial charge >= 0.3 is 5.97 Å². The molecule has 4 nitrogen and oxygen atoms in total. The van der Waals surface area contributed by atoms with Crippen molar-refractivity contribution in [1.29, 1.82) is 0 Å². The molecule has 0 aliphatic carbocycles. The minimum atomic E-state index is -0.568. The molecule has 1 aromatic rings. The van der Waals surface area contributed by atoms with E-state index in [0.29, 0.717) is 12.1 Å². The number of quaternary nitrogens is 1. The van der Waals surface area contributed by atoms with E-state index >= 15 is 0 Å². The summed E-state index contributed by atoms with van der Waals surface area (Å²) in [6.07, 6.45) is 6.96. The molecule has 2 bridgehead atoms. The summed E-state index contributed by atoms with van der Waals surface area (Å²) in [5.74, 6) is -0.843. The van der Waals surface area contributed by atoms with Gasteiger partial charge in [0.05, 0.1) is 32.3 Å². The summed E-state index contributed by atoms with van der Waals surface area (Å²) in [4.78, 5) is 12.6. The number of ether oxygens (including phenoxy) is 1. The van der Waals surface area contributed by atoms with Crippen LogP contribution in [0.5, 0.6) is 0 Å². The van der Waals surface area contributed by atoms with Crippen LogP contribution in [0.25, 0.3) is 0 Å². The Morgan fingerprint density at radius 1 is 1.24 bits per heavy atom. The molecule has 2 unspecified atom stereocenters. The first-order chi connectivity index (χ1) is 12.1. The smallest absolute Gasteiger partial charge is 0.316 e. The Morgan fingerprint density at radius 2 is 1.88 bits per heavy atom. The summed E-state index contributed by atoms with van der Waals surface area (Å²) in [6.45, 7) is 3.30. The Labute approximate surface area is 151 Å². The lowest BCUT2D eigenvalue weighted by atomic mass is 9.95. The van der Waals surface area contributed by atoms with Gasteiger partial charge in [-0.25, -0.2) is 0 Å². The number of piperidine rings is 1. The summed E-state index contributed by atoms with van der Waals surface area (Å²) in [7, 11) is 2.40. The van der Waals surface area contributed by atoms with E-state index in [1.807, 2.05) is 30.3 Å². The lowest BCUT2D eigenvalue weighted by Crippen LogP contribution is -2.59. The van der Waals surface area contributed by atoms with E-state index in [-0.39, 0.29) is 18.7 Å². The molecular weight excluding hydrogens is 314 g/mol. The molecule has 0 aromatic heterocycles. The number of fused-ring (bicyclic) bond motifs is 2. The van der Waals surface area contributed by atoms with Crippen LogP contribution >= 0.6 is 0 Å². The highest BCUT2D eigenvalue weighted by molar-refractivity contribution is 5.78. The van der Waals surface area contributed by atoms with Crippen LogP contribution in [0.2, 0.25) is 0 Å². The number of hydrogen-bond donors (Lipinski definition) is 1. The second-order valence-electron chi connectivity index (χ2n) is 7.99. The molecule has 0 amide bonds. The van der Waals surface area contributed by atoms with Crippen LogP contribution in [-0.4, -0.2) is 53.9 Å². The van der Waals surface area contributed by atoms with Gasteiger partial charge in [-0.1, -0.05) is 43.7 Å². The van der Waals surface area contributed by atoms with Crippen LogP contribution in [-0.2, 0) is 9.53 Å². The molecule has 0 saturated carbocycles. The van der Waals surface area contributed by atoms with Gasteiger partial charge in [-0.05, 0) is 12.0 Å². The molecule has 138 valence electrons. The van der Waals surface area contributed by atoms with Gasteiger partial charge in [0.25, 0.3) is 0 Å². The first-order valence-corrected chi connectivity index (χ1v) is 9.79. The van der Waals surface area contributed by atoms with Crippen LogP contribution in [0.1, 0.15) is 56.9 Å². The van der Waals surface area contributed by atoms with Crippen LogP contribution in [0.3, 0.4) is 0 Å². The van der Waals surface area contributed by atoms with E-state index in [1.54, 1.807) is 0 Å². The van der Waals surface area contributed by atoms with Crippen molar-refractivity contribution in [2.75, 3.05) is 20.2 Å². The fraction of sp³-hybridized carbons (Fsp3) is 0.667. The van der Waals surface area contributed by atoms with E-state index in [4.69, 9.17) is 4.74 Å². The molecule has 1 aromatic carbocycles. The van der Waals surface area contributed by atoms with Crippen LogP contribution in [0.15, 0.2) is 30.3 Å². The zero-order chi connectivity index (χ0) is 17.9. The normalized spacial score (nSPS) is 32.4. The lowest BCUT2D eigenvalue weighted by molar-refractivity contribution is -0.949. The maximum absolute atomic E-state index is 12.6. The van der Waals surface area contributed by atoms with Crippen molar-refractivity contribution in [3.05, 3.63) is 35.9 Å². The van der Waals surface area contributed by atoms with Crippen molar-refractivity contribution in [1.82, 2.24) is 0 Å². The largest absolute Gasteiger partial charge is 0.461 e. The Balaban J connectivity index is 1.62. The fourth-order valence-corrected chi connectivity index (χ4v) is 4.90. The van der Waals surface area contributed by atoms with Crippen LogP contribution in [0, 0.1) is 0 Å². The molecule has 5 atom stereocenters. The van der Waals surface area contributed by atoms with E-state index in [2.05, 4.69) is 14.0 Å². The Hall–Kier alpha value is -1.39. The number of carbonyl (C=O) groups is 1. The van der Waals surface area contributed by atoms with Gasteiger partial charge in [0.2, 0.25) is 0 Å². The summed E-state index contributed by atoms with van der Waals surface area (Å²) in [5.41, 5.74) is 0.831. The molecule has 0 spiro atoms. The number of esters is 1. The van der Waals surface area contributed by atoms with E-state index in [9.17, 15) is 9.90 Å². The number of aliphatic hydroxyl groups excluding tert-OH is 1. The molecule has 2 aliphatic heterocycles. The molecule has 4 heteroatoms. The van der Waals surface area contributed by atoms with Crippen molar-refractivity contribution >= 4 is 5.97 Å². The van der Waals surface area contributed by atoms with Crippen molar-refractivity contribution in [3.63, 3.8) is 0 Å². The summed E-state index contributed by atoms with van der Waals surface area (Å²) in [5, 5.41) is 9.67. The first-order valence-electron chi connectivity index (χ1n) is 9.79. The number of unbranched alkanes of at least 4 members (excludes halogenated alkanes) is 1. The van der Waals surface area contributed by atoms with Gasteiger partial charge in [-0.3, -0.25) is 4.79 Å². The third-order valence-electron chi connectivity index (χ3n) is 6.52. The number of aliphatic hydroxyl groups is 1. The van der Waals surface area contributed by atoms with Crippen molar-refractivity contribution < 1.29 is 19.1 Å². The molecule has 2 saturated heterocycles. The minimum Gasteiger partial charge on any atom is -0.461 e. The van der Waals surface area contributed by atoms with Crippen molar-refractivity contribution in [2.24, 2.45) is 0 Å². The molecule has 25 heavy (non-hydrogen) atoms. The second-order valence-corrected chi connectivity index (χ2v) is 7.99. The monoisotopic (exact) mass is 346 g/mol. The number of hydrogen-bond acceptors (Lipinski definition) is 3. The number of benzene rings is 1. The van der Waals surface area contributed by atoms with Gasteiger partial charge in [0, 0.05) is 25.7 Å². The first kappa shape index (κ1) is 18.4. The van der Waals surface area contributed by atoms with Gasteiger partial charge in [-0.2, -0.15) is 0 Å². The summed E-state index contributed by atoms with van der Waals surface area (Å²) < 4.78 is 7.04. The molecule has 3 rings (SSSR count). The SMILES string of the molecule is CCCC[N+]1(C)[C@@H]2CC[C@H]1CC(OC(=O)[C@H](CO)c1ccccc1)C2. The Morgan fingerprint density at radius 3 is 2.44 bits per heavy atom. The highest BCUT2D eigenvalue weighted by Gasteiger charge is 2.52. The van der Waals surface area contributed by atoms with Gasteiger partial charge in [-0.15, -0.1) is 0 Å². The zero-order valence-electron chi connectivity index (χ0n) is 15.6. The standard InChI is InChI=1S/C21H32NO3/c1-3-4-12-22(2)17-10-11-18(22)14-19(13-17)25-21(24)20(15-23)16-8-6-5-7-9-16/h5-9,17-20,23H,3-4,10-15H2,1-2H3/q+1/t17-,18+,19?,20-,22?/m1/s1. The summed E-state index contributed by atoms with van der Waals surface area (Å²) >= 11 is 0. The third-order valence-corrected chi connectivity index (χ3v) is 6.52. The molecule has 1 N–H and O–H groups in total. The van der Waals surface area contributed by atoms with Gasteiger partial charge < -0.3 is 14.3 Å². The van der Waals surface area contributed by atoms with Gasteiger partial charge in [0.15, 0.2) is 0 Å². The van der Waals surface area contributed by atoms with E-state index < -0.39 is 5.92 Å². The highest BCUT2D eigenvalue weighted by atomic mass is 16.5. The maximum atomic E-state index is 12.6. The third kappa shape index (κ3) is 3.75. The Bertz CT molecular complexity index is 560. The average molecular weight is 346 g/mol. The molecule has 0 radical (unpaired) electrons. The molecule has 2 aliphatic rings. The number of rotatable bonds is 7. The predicted octanol–water partition coefficient (Wildman–Crippen LogP) is 3.25. The number of carbonyl (C=O) groups excluding carboxylic acids is 1. The minimum absolute atomic E-state index is 0.00980. The predicted molar refractivity (Wildman–Crippen MR) is 98.2 cm³/mol.